The number of rotatable bonds is 6. The van der Waals surface area contributed by atoms with Crippen LogP contribution in [0.4, 0.5) is 4.39 Å². The standard InChI is InChI=1S/C16H19FN2O/c1-19(11-8-13-6-9-18-10-7-13)12-16(20)14-4-2-3-5-15(14)17/h2-7,9-10,16,20H,8,11-12H2,1H3/t16-/m1/s1. The minimum absolute atomic E-state index is 0.350. The van der Waals surface area contributed by atoms with Crippen molar-refractivity contribution in [2.75, 3.05) is 20.1 Å². The quantitative estimate of drug-likeness (QED) is 0.879. The Hall–Kier alpha value is -1.78. The Balaban J connectivity index is 1.85. The molecule has 106 valence electrons. The summed E-state index contributed by atoms with van der Waals surface area (Å²) in [5.74, 6) is -0.359. The highest BCUT2D eigenvalue weighted by Gasteiger charge is 2.14. The lowest BCUT2D eigenvalue weighted by molar-refractivity contribution is 0.124. The maximum Gasteiger partial charge on any atom is 0.129 e. The third-order valence-corrected chi connectivity index (χ3v) is 3.28. The first kappa shape index (κ1) is 14.6. The number of halogens is 1. The fourth-order valence-electron chi connectivity index (χ4n) is 2.10. The number of nitrogens with zero attached hydrogens (tertiary/aromatic N) is 2. The molecule has 1 aromatic heterocycles. The van der Waals surface area contributed by atoms with Crippen LogP contribution in [0.25, 0.3) is 0 Å². The number of aromatic nitrogens is 1. The molecule has 20 heavy (non-hydrogen) atoms. The summed E-state index contributed by atoms with van der Waals surface area (Å²) in [4.78, 5) is 5.97. The van der Waals surface area contributed by atoms with E-state index in [2.05, 4.69) is 4.98 Å². The highest BCUT2D eigenvalue weighted by Crippen LogP contribution is 2.17. The van der Waals surface area contributed by atoms with Gasteiger partial charge in [-0.2, -0.15) is 0 Å². The summed E-state index contributed by atoms with van der Waals surface area (Å²) in [6, 6.07) is 10.3. The van der Waals surface area contributed by atoms with Crippen LogP contribution in [0.3, 0.4) is 0 Å². The summed E-state index contributed by atoms with van der Waals surface area (Å²) in [5.41, 5.74) is 1.55. The van der Waals surface area contributed by atoms with E-state index < -0.39 is 6.10 Å². The van der Waals surface area contributed by atoms with Gasteiger partial charge in [0.2, 0.25) is 0 Å². The zero-order valence-electron chi connectivity index (χ0n) is 11.5. The van der Waals surface area contributed by atoms with Crippen LogP contribution in [-0.2, 0) is 6.42 Å². The summed E-state index contributed by atoms with van der Waals surface area (Å²) >= 11 is 0. The molecule has 0 aliphatic heterocycles. The zero-order valence-corrected chi connectivity index (χ0v) is 11.5. The van der Waals surface area contributed by atoms with Crippen molar-refractivity contribution in [1.29, 1.82) is 0 Å². The van der Waals surface area contributed by atoms with Gasteiger partial charge >= 0.3 is 0 Å². The van der Waals surface area contributed by atoms with Gasteiger partial charge in [0.25, 0.3) is 0 Å². The van der Waals surface area contributed by atoms with Crippen molar-refractivity contribution in [1.82, 2.24) is 9.88 Å². The lowest BCUT2D eigenvalue weighted by atomic mass is 10.1. The monoisotopic (exact) mass is 274 g/mol. The second kappa shape index (κ2) is 7.12. The molecule has 2 aromatic rings. The molecule has 0 aliphatic carbocycles. The molecule has 2 rings (SSSR count). The van der Waals surface area contributed by atoms with Gasteiger partial charge in [-0.05, 0) is 37.2 Å². The molecule has 0 saturated carbocycles. The molecule has 4 heteroatoms. The minimum atomic E-state index is -0.807. The first-order chi connectivity index (χ1) is 9.66. The van der Waals surface area contributed by atoms with Crippen LogP contribution in [0.2, 0.25) is 0 Å². The highest BCUT2D eigenvalue weighted by atomic mass is 19.1. The molecule has 1 heterocycles. The normalized spacial score (nSPS) is 12.6. The van der Waals surface area contributed by atoms with Crippen LogP contribution in [0, 0.1) is 5.82 Å². The van der Waals surface area contributed by atoms with Crippen LogP contribution in [-0.4, -0.2) is 35.1 Å². The van der Waals surface area contributed by atoms with Crippen molar-refractivity contribution >= 4 is 0 Å². The summed E-state index contributed by atoms with van der Waals surface area (Å²) < 4.78 is 13.6. The number of hydrogen-bond donors (Lipinski definition) is 1. The topological polar surface area (TPSA) is 36.4 Å². The van der Waals surface area contributed by atoms with E-state index in [0.29, 0.717) is 12.1 Å². The predicted molar refractivity (Wildman–Crippen MR) is 76.8 cm³/mol. The number of aliphatic hydroxyl groups excluding tert-OH is 1. The molecule has 1 N–H and O–H groups in total. The van der Waals surface area contributed by atoms with Crippen molar-refractivity contribution in [2.45, 2.75) is 12.5 Å². The van der Waals surface area contributed by atoms with E-state index in [1.165, 1.54) is 11.6 Å². The number of aliphatic hydroxyl groups is 1. The molecule has 0 spiro atoms. The lowest BCUT2D eigenvalue weighted by Gasteiger charge is -2.21. The van der Waals surface area contributed by atoms with Crippen molar-refractivity contribution in [3.05, 3.63) is 65.7 Å². The summed E-state index contributed by atoms with van der Waals surface area (Å²) in [6.07, 6.45) is 3.61. The van der Waals surface area contributed by atoms with Gasteiger partial charge in [0.15, 0.2) is 0 Å². The van der Waals surface area contributed by atoms with Crippen LogP contribution in [0.1, 0.15) is 17.2 Å². The first-order valence-corrected chi connectivity index (χ1v) is 6.67. The summed E-state index contributed by atoms with van der Waals surface area (Å²) in [6.45, 7) is 1.21. The Labute approximate surface area is 118 Å². The fourth-order valence-corrected chi connectivity index (χ4v) is 2.10. The van der Waals surface area contributed by atoms with E-state index in [1.807, 2.05) is 24.1 Å². The first-order valence-electron chi connectivity index (χ1n) is 6.67. The van der Waals surface area contributed by atoms with E-state index in [4.69, 9.17) is 0 Å². The number of benzene rings is 1. The SMILES string of the molecule is CN(CCc1ccncc1)C[C@@H](O)c1ccccc1F. The maximum absolute atomic E-state index is 13.6. The van der Waals surface area contributed by atoms with Crippen LogP contribution in [0.5, 0.6) is 0 Å². The molecule has 1 aromatic carbocycles. The molecule has 0 saturated heterocycles. The zero-order chi connectivity index (χ0) is 14.4. The molecule has 0 bridgehead atoms. The fraction of sp³-hybridized carbons (Fsp3) is 0.312. The molecular formula is C16H19FN2O. The van der Waals surface area contributed by atoms with Gasteiger partial charge in [-0.25, -0.2) is 4.39 Å². The van der Waals surface area contributed by atoms with Gasteiger partial charge in [-0.1, -0.05) is 18.2 Å². The molecule has 0 aliphatic rings. The molecule has 0 unspecified atom stereocenters. The number of likely N-dealkylation sites (N-methyl/N-ethyl adjacent to an activating group) is 1. The average Bonchev–Trinajstić information content (AvgIpc) is 2.46. The third-order valence-electron chi connectivity index (χ3n) is 3.28. The Bertz CT molecular complexity index is 533. The molecule has 0 radical (unpaired) electrons. The van der Waals surface area contributed by atoms with E-state index in [0.717, 1.165) is 13.0 Å². The van der Waals surface area contributed by atoms with Crippen molar-refractivity contribution < 1.29 is 9.50 Å². The Morgan fingerprint density at radius 1 is 1.20 bits per heavy atom. The Morgan fingerprint density at radius 3 is 2.60 bits per heavy atom. The lowest BCUT2D eigenvalue weighted by Crippen LogP contribution is -2.27. The van der Waals surface area contributed by atoms with E-state index >= 15 is 0 Å². The molecule has 3 nitrogen and oxygen atoms in total. The molecular weight excluding hydrogens is 255 g/mol. The molecule has 0 amide bonds. The van der Waals surface area contributed by atoms with Gasteiger partial charge in [-0.3, -0.25) is 4.98 Å². The van der Waals surface area contributed by atoms with Crippen molar-refractivity contribution in [2.24, 2.45) is 0 Å². The Kier molecular flexibility index (Phi) is 5.21. The molecule has 1 atom stereocenters. The summed E-state index contributed by atoms with van der Waals surface area (Å²) in [5, 5.41) is 10.1. The van der Waals surface area contributed by atoms with Gasteiger partial charge in [-0.15, -0.1) is 0 Å². The minimum Gasteiger partial charge on any atom is -0.387 e. The van der Waals surface area contributed by atoms with Crippen molar-refractivity contribution in [3.8, 4) is 0 Å². The largest absolute Gasteiger partial charge is 0.387 e. The van der Waals surface area contributed by atoms with E-state index in [-0.39, 0.29) is 5.82 Å². The predicted octanol–water partition coefficient (Wildman–Crippen LogP) is 2.43. The Morgan fingerprint density at radius 2 is 1.90 bits per heavy atom. The maximum atomic E-state index is 13.6. The van der Waals surface area contributed by atoms with Gasteiger partial charge in [0, 0.05) is 31.0 Å². The van der Waals surface area contributed by atoms with Gasteiger partial charge in [0.1, 0.15) is 5.82 Å². The number of pyridine rings is 1. The second-order valence-corrected chi connectivity index (χ2v) is 4.91. The average molecular weight is 274 g/mol. The third kappa shape index (κ3) is 4.11. The summed E-state index contributed by atoms with van der Waals surface area (Å²) in [7, 11) is 1.92. The second-order valence-electron chi connectivity index (χ2n) is 4.91. The van der Waals surface area contributed by atoms with E-state index in [1.54, 1.807) is 30.6 Å². The van der Waals surface area contributed by atoms with E-state index in [9.17, 15) is 9.50 Å². The van der Waals surface area contributed by atoms with Crippen molar-refractivity contribution in [3.63, 3.8) is 0 Å². The number of hydrogen-bond acceptors (Lipinski definition) is 3. The van der Waals surface area contributed by atoms with Crippen LogP contribution in [0.15, 0.2) is 48.8 Å². The van der Waals surface area contributed by atoms with Gasteiger partial charge in [0.05, 0.1) is 6.10 Å². The smallest absolute Gasteiger partial charge is 0.129 e. The van der Waals surface area contributed by atoms with Crippen LogP contribution < -0.4 is 0 Å². The molecule has 0 fully saturated rings. The highest BCUT2D eigenvalue weighted by molar-refractivity contribution is 5.20. The van der Waals surface area contributed by atoms with Gasteiger partial charge < -0.3 is 10.0 Å². The van der Waals surface area contributed by atoms with Crippen LogP contribution >= 0.6 is 0 Å².